The maximum Gasteiger partial charge on any atom is -0.00850 e. The second kappa shape index (κ2) is 4.45. The smallest absolute Gasteiger partial charge is 0.00850 e. The van der Waals surface area contributed by atoms with Gasteiger partial charge in [-0.25, -0.2) is 0 Å². The van der Waals surface area contributed by atoms with Crippen LogP contribution in [0.1, 0.15) is 39.0 Å². The normalized spacial score (nSPS) is 19.6. The molecule has 0 heterocycles. The Balaban J connectivity index is 1.96. The fraction of sp³-hybridized carbons (Fsp3) is 0.429. The van der Waals surface area contributed by atoms with Crippen LogP contribution < -0.4 is 0 Å². The van der Waals surface area contributed by atoms with Crippen LogP contribution in [0.25, 0.3) is 0 Å². The second-order valence-electron chi connectivity index (χ2n) is 3.95. The SMILES string of the molecule is CCCCC1=CCC(C2=[C]CC=C2)=C1. The molecule has 0 spiro atoms. The van der Waals surface area contributed by atoms with Crippen LogP contribution in [0, 0.1) is 6.08 Å². The van der Waals surface area contributed by atoms with Crippen molar-refractivity contribution in [1.82, 2.24) is 0 Å². The zero-order valence-electron chi connectivity index (χ0n) is 8.84. The van der Waals surface area contributed by atoms with E-state index >= 15 is 0 Å². The summed E-state index contributed by atoms with van der Waals surface area (Å²) in [7, 11) is 0. The van der Waals surface area contributed by atoms with E-state index in [0.717, 1.165) is 12.8 Å². The Labute approximate surface area is 86.7 Å². The minimum Gasteiger partial charge on any atom is -0.0795 e. The van der Waals surface area contributed by atoms with E-state index in [1.165, 1.54) is 36.0 Å². The third-order valence-corrected chi connectivity index (χ3v) is 2.80. The molecular weight excluding hydrogens is 168 g/mol. The summed E-state index contributed by atoms with van der Waals surface area (Å²) in [5.41, 5.74) is 4.31. The van der Waals surface area contributed by atoms with Crippen molar-refractivity contribution in [2.75, 3.05) is 0 Å². The van der Waals surface area contributed by atoms with Gasteiger partial charge in [-0.05, 0) is 42.9 Å². The Kier molecular flexibility index (Phi) is 3.03. The molecule has 2 rings (SSSR count). The molecule has 0 aliphatic heterocycles. The molecule has 0 heteroatoms. The Morgan fingerprint density at radius 2 is 2.36 bits per heavy atom. The van der Waals surface area contributed by atoms with Gasteiger partial charge in [-0.15, -0.1) is 0 Å². The number of rotatable bonds is 4. The van der Waals surface area contributed by atoms with Gasteiger partial charge in [0.2, 0.25) is 0 Å². The van der Waals surface area contributed by atoms with Crippen LogP contribution >= 0.6 is 0 Å². The van der Waals surface area contributed by atoms with Crippen LogP contribution in [-0.4, -0.2) is 0 Å². The molecule has 0 saturated carbocycles. The Morgan fingerprint density at radius 1 is 1.43 bits per heavy atom. The highest BCUT2D eigenvalue weighted by molar-refractivity contribution is 5.49. The van der Waals surface area contributed by atoms with Crippen molar-refractivity contribution in [2.45, 2.75) is 39.0 Å². The van der Waals surface area contributed by atoms with E-state index in [1.54, 1.807) is 0 Å². The van der Waals surface area contributed by atoms with Gasteiger partial charge in [0.05, 0.1) is 0 Å². The van der Waals surface area contributed by atoms with Gasteiger partial charge in [-0.1, -0.05) is 43.2 Å². The maximum absolute atomic E-state index is 3.38. The summed E-state index contributed by atoms with van der Waals surface area (Å²) in [6, 6.07) is 0. The number of unbranched alkanes of at least 4 members (excludes halogenated alkanes) is 1. The number of hydrogen-bond donors (Lipinski definition) is 0. The Bertz CT molecular complexity index is 324. The van der Waals surface area contributed by atoms with E-state index in [9.17, 15) is 0 Å². The molecule has 0 atom stereocenters. The topological polar surface area (TPSA) is 0 Å². The van der Waals surface area contributed by atoms with E-state index < -0.39 is 0 Å². The molecule has 0 bridgehead atoms. The first kappa shape index (κ1) is 9.51. The number of hydrogen-bond acceptors (Lipinski definition) is 0. The predicted molar refractivity (Wildman–Crippen MR) is 60.8 cm³/mol. The molecule has 0 aromatic heterocycles. The van der Waals surface area contributed by atoms with E-state index in [0.29, 0.717) is 0 Å². The summed E-state index contributed by atoms with van der Waals surface area (Å²) in [5.74, 6) is 0. The molecule has 0 aromatic rings. The lowest BCUT2D eigenvalue weighted by molar-refractivity contribution is 0.798. The minimum absolute atomic E-state index is 0.997. The van der Waals surface area contributed by atoms with Crippen LogP contribution in [0.15, 0.2) is 41.0 Å². The molecule has 2 aliphatic rings. The summed E-state index contributed by atoms with van der Waals surface area (Å²) in [6.07, 6.45) is 18.4. The predicted octanol–water partition coefficient (Wildman–Crippen LogP) is 4.12. The van der Waals surface area contributed by atoms with Crippen molar-refractivity contribution in [1.29, 1.82) is 0 Å². The van der Waals surface area contributed by atoms with Gasteiger partial charge < -0.3 is 0 Å². The van der Waals surface area contributed by atoms with Crippen LogP contribution in [0.4, 0.5) is 0 Å². The Hall–Kier alpha value is -1.04. The molecule has 0 aromatic carbocycles. The summed E-state index contributed by atoms with van der Waals surface area (Å²) < 4.78 is 0. The standard InChI is InChI=1S/C14H17/c1-2-3-6-12-9-10-14(11-12)13-7-4-5-8-13/h4,7,9,11H,2-3,5-6,10H2,1H3. The van der Waals surface area contributed by atoms with Crippen LogP contribution in [0.2, 0.25) is 0 Å². The molecule has 2 aliphatic carbocycles. The largest absolute Gasteiger partial charge is 0.0795 e. The summed E-state index contributed by atoms with van der Waals surface area (Å²) in [6.45, 7) is 2.25. The molecule has 73 valence electrons. The van der Waals surface area contributed by atoms with Crippen molar-refractivity contribution in [3.05, 3.63) is 47.1 Å². The van der Waals surface area contributed by atoms with E-state index in [2.05, 4.69) is 37.3 Å². The van der Waals surface area contributed by atoms with Gasteiger partial charge in [-0.2, -0.15) is 0 Å². The first-order valence-corrected chi connectivity index (χ1v) is 5.57. The van der Waals surface area contributed by atoms with Crippen molar-refractivity contribution >= 4 is 0 Å². The first-order chi connectivity index (χ1) is 6.90. The molecular formula is C14H17. The Morgan fingerprint density at radius 3 is 3.07 bits per heavy atom. The van der Waals surface area contributed by atoms with Crippen molar-refractivity contribution in [3.8, 4) is 0 Å². The molecule has 0 N–H and O–H groups in total. The van der Waals surface area contributed by atoms with Gasteiger partial charge in [0.15, 0.2) is 0 Å². The second-order valence-corrected chi connectivity index (χ2v) is 3.95. The van der Waals surface area contributed by atoms with E-state index in [1.807, 2.05) is 0 Å². The van der Waals surface area contributed by atoms with Crippen molar-refractivity contribution < 1.29 is 0 Å². The van der Waals surface area contributed by atoms with Gasteiger partial charge in [0.1, 0.15) is 0 Å². The quantitative estimate of drug-likeness (QED) is 0.618. The van der Waals surface area contributed by atoms with Crippen LogP contribution in [0.3, 0.4) is 0 Å². The molecule has 0 fully saturated rings. The lowest BCUT2D eigenvalue weighted by Crippen LogP contribution is -1.80. The average Bonchev–Trinajstić information content (AvgIpc) is 2.85. The third kappa shape index (κ3) is 2.06. The highest BCUT2D eigenvalue weighted by atomic mass is 14.1. The summed E-state index contributed by atoms with van der Waals surface area (Å²) in [5, 5.41) is 0. The zero-order chi connectivity index (χ0) is 9.80. The van der Waals surface area contributed by atoms with Gasteiger partial charge >= 0.3 is 0 Å². The fourth-order valence-electron chi connectivity index (χ4n) is 1.95. The van der Waals surface area contributed by atoms with Crippen LogP contribution in [-0.2, 0) is 0 Å². The molecule has 0 unspecified atom stereocenters. The van der Waals surface area contributed by atoms with E-state index in [4.69, 9.17) is 0 Å². The lowest BCUT2D eigenvalue weighted by atomic mass is 10.1. The van der Waals surface area contributed by atoms with Gasteiger partial charge in [-0.3, -0.25) is 0 Å². The highest BCUT2D eigenvalue weighted by Crippen LogP contribution is 2.29. The molecule has 0 saturated heterocycles. The molecule has 0 amide bonds. The van der Waals surface area contributed by atoms with Crippen molar-refractivity contribution in [3.63, 3.8) is 0 Å². The summed E-state index contributed by atoms with van der Waals surface area (Å²) in [4.78, 5) is 0. The lowest BCUT2D eigenvalue weighted by Gasteiger charge is -1.98. The minimum atomic E-state index is 0.997. The average molecular weight is 185 g/mol. The molecule has 1 radical (unpaired) electrons. The van der Waals surface area contributed by atoms with E-state index in [-0.39, 0.29) is 0 Å². The zero-order valence-corrected chi connectivity index (χ0v) is 8.84. The maximum atomic E-state index is 3.38. The van der Waals surface area contributed by atoms with Gasteiger partial charge in [0.25, 0.3) is 0 Å². The highest BCUT2D eigenvalue weighted by Gasteiger charge is 2.10. The first-order valence-electron chi connectivity index (χ1n) is 5.57. The van der Waals surface area contributed by atoms with Crippen molar-refractivity contribution in [2.24, 2.45) is 0 Å². The molecule has 14 heavy (non-hydrogen) atoms. The molecule has 0 nitrogen and oxygen atoms in total. The fourth-order valence-corrected chi connectivity index (χ4v) is 1.95. The monoisotopic (exact) mass is 185 g/mol. The van der Waals surface area contributed by atoms with Crippen LogP contribution in [0.5, 0.6) is 0 Å². The summed E-state index contributed by atoms with van der Waals surface area (Å²) >= 11 is 0. The number of allylic oxidation sites excluding steroid dienone is 8. The third-order valence-electron chi connectivity index (χ3n) is 2.80. The van der Waals surface area contributed by atoms with Gasteiger partial charge in [0, 0.05) is 0 Å².